The summed E-state index contributed by atoms with van der Waals surface area (Å²) in [6.45, 7) is 1.67. The fourth-order valence-electron chi connectivity index (χ4n) is 1.65. The molecule has 1 fully saturated rings. The van der Waals surface area contributed by atoms with Crippen molar-refractivity contribution in [1.82, 2.24) is 4.98 Å². The highest BCUT2D eigenvalue weighted by Crippen LogP contribution is 2.45. The van der Waals surface area contributed by atoms with Gasteiger partial charge < -0.3 is 5.11 Å². The molecule has 1 aromatic rings. The van der Waals surface area contributed by atoms with E-state index in [9.17, 15) is 9.50 Å². The van der Waals surface area contributed by atoms with Gasteiger partial charge in [-0.25, -0.2) is 4.39 Å². The summed E-state index contributed by atoms with van der Waals surface area (Å²) in [6.07, 6.45) is 4.62. The van der Waals surface area contributed by atoms with Crippen LogP contribution in [0.3, 0.4) is 0 Å². The highest BCUT2D eigenvalue weighted by Gasteiger charge is 2.42. The molecule has 0 saturated heterocycles. The summed E-state index contributed by atoms with van der Waals surface area (Å²) in [5, 5.41) is 10.0. The Balaban J connectivity index is 2.38. The standard InChI is InChI=1S/C10H12FNO/c1-10(13,7-2-3-7)8-4-5-12-6-9(8)11/h4-7,13H,2-3H2,1H3. The number of nitrogens with zero attached hydrogens (tertiary/aromatic N) is 1. The molecule has 1 heterocycles. The Hall–Kier alpha value is -0.960. The van der Waals surface area contributed by atoms with Crippen LogP contribution in [0.25, 0.3) is 0 Å². The Morgan fingerprint density at radius 2 is 2.31 bits per heavy atom. The van der Waals surface area contributed by atoms with E-state index < -0.39 is 11.4 Å². The van der Waals surface area contributed by atoms with E-state index in [1.165, 1.54) is 6.20 Å². The summed E-state index contributed by atoms with van der Waals surface area (Å²) in [7, 11) is 0. The molecule has 2 rings (SSSR count). The first-order valence-electron chi connectivity index (χ1n) is 4.44. The summed E-state index contributed by atoms with van der Waals surface area (Å²) < 4.78 is 13.3. The molecule has 1 aromatic heterocycles. The van der Waals surface area contributed by atoms with Crippen LogP contribution in [0.4, 0.5) is 4.39 Å². The van der Waals surface area contributed by atoms with Crippen molar-refractivity contribution in [2.75, 3.05) is 0 Å². The summed E-state index contributed by atoms with van der Waals surface area (Å²) in [5.41, 5.74) is -0.655. The number of rotatable bonds is 2. The first kappa shape index (κ1) is 8.63. The predicted molar refractivity (Wildman–Crippen MR) is 46.5 cm³/mol. The van der Waals surface area contributed by atoms with Crippen LogP contribution in [-0.2, 0) is 5.60 Å². The maximum Gasteiger partial charge on any atom is 0.147 e. The van der Waals surface area contributed by atoms with Crippen molar-refractivity contribution in [3.05, 3.63) is 29.8 Å². The molecule has 0 spiro atoms. The lowest BCUT2D eigenvalue weighted by Crippen LogP contribution is -2.25. The van der Waals surface area contributed by atoms with Gasteiger partial charge in [-0.3, -0.25) is 4.98 Å². The highest BCUT2D eigenvalue weighted by atomic mass is 19.1. The normalized spacial score (nSPS) is 21.2. The number of halogens is 1. The average Bonchev–Trinajstić information content (AvgIpc) is 2.86. The predicted octanol–water partition coefficient (Wildman–Crippen LogP) is 1.84. The van der Waals surface area contributed by atoms with Gasteiger partial charge >= 0.3 is 0 Å². The van der Waals surface area contributed by atoms with E-state index in [-0.39, 0.29) is 5.92 Å². The van der Waals surface area contributed by atoms with Crippen LogP contribution < -0.4 is 0 Å². The molecule has 2 nitrogen and oxygen atoms in total. The van der Waals surface area contributed by atoms with Crippen LogP contribution in [0.1, 0.15) is 25.3 Å². The van der Waals surface area contributed by atoms with Gasteiger partial charge in [-0.1, -0.05) is 0 Å². The van der Waals surface area contributed by atoms with Gasteiger partial charge in [0.15, 0.2) is 0 Å². The van der Waals surface area contributed by atoms with Gasteiger partial charge in [-0.05, 0) is 31.7 Å². The van der Waals surface area contributed by atoms with Gasteiger partial charge in [0.2, 0.25) is 0 Å². The minimum Gasteiger partial charge on any atom is -0.385 e. The van der Waals surface area contributed by atoms with Gasteiger partial charge in [0.1, 0.15) is 5.82 Å². The molecular weight excluding hydrogens is 169 g/mol. The molecule has 0 aliphatic heterocycles. The lowest BCUT2D eigenvalue weighted by Gasteiger charge is -2.23. The molecular formula is C10H12FNO. The maximum atomic E-state index is 13.3. The Labute approximate surface area is 76.4 Å². The molecule has 1 aliphatic carbocycles. The van der Waals surface area contributed by atoms with Gasteiger partial charge in [0.25, 0.3) is 0 Å². The number of aliphatic hydroxyl groups is 1. The Kier molecular flexibility index (Phi) is 1.84. The van der Waals surface area contributed by atoms with Gasteiger partial charge in [-0.2, -0.15) is 0 Å². The quantitative estimate of drug-likeness (QED) is 0.755. The fraction of sp³-hybridized carbons (Fsp3) is 0.500. The van der Waals surface area contributed by atoms with Crippen LogP contribution in [-0.4, -0.2) is 10.1 Å². The van der Waals surface area contributed by atoms with E-state index in [4.69, 9.17) is 0 Å². The molecule has 0 aromatic carbocycles. The van der Waals surface area contributed by atoms with Crippen LogP contribution in [0, 0.1) is 11.7 Å². The molecule has 1 N–H and O–H groups in total. The van der Waals surface area contributed by atoms with Crippen molar-refractivity contribution >= 4 is 0 Å². The average molecular weight is 181 g/mol. The lowest BCUT2D eigenvalue weighted by atomic mass is 9.91. The van der Waals surface area contributed by atoms with Gasteiger partial charge in [0, 0.05) is 11.8 Å². The minimum atomic E-state index is -1.02. The van der Waals surface area contributed by atoms with Crippen LogP contribution in [0.5, 0.6) is 0 Å². The van der Waals surface area contributed by atoms with Crippen molar-refractivity contribution in [1.29, 1.82) is 0 Å². The number of pyridine rings is 1. The molecule has 0 amide bonds. The van der Waals surface area contributed by atoms with Crippen molar-refractivity contribution in [2.45, 2.75) is 25.4 Å². The van der Waals surface area contributed by atoms with Crippen molar-refractivity contribution in [3.63, 3.8) is 0 Å². The minimum absolute atomic E-state index is 0.212. The fourth-order valence-corrected chi connectivity index (χ4v) is 1.65. The molecule has 13 heavy (non-hydrogen) atoms. The molecule has 1 saturated carbocycles. The van der Waals surface area contributed by atoms with Crippen LogP contribution in [0.2, 0.25) is 0 Å². The zero-order chi connectivity index (χ0) is 9.47. The van der Waals surface area contributed by atoms with Gasteiger partial charge in [-0.15, -0.1) is 0 Å². The van der Waals surface area contributed by atoms with Crippen molar-refractivity contribution < 1.29 is 9.50 Å². The van der Waals surface area contributed by atoms with E-state index >= 15 is 0 Å². The van der Waals surface area contributed by atoms with E-state index in [0.29, 0.717) is 5.56 Å². The number of hydrogen-bond donors (Lipinski definition) is 1. The molecule has 3 heteroatoms. The van der Waals surface area contributed by atoms with E-state index in [2.05, 4.69) is 4.98 Å². The number of hydrogen-bond acceptors (Lipinski definition) is 2. The summed E-state index contributed by atoms with van der Waals surface area (Å²) >= 11 is 0. The molecule has 70 valence electrons. The third kappa shape index (κ3) is 1.44. The second-order valence-corrected chi connectivity index (χ2v) is 3.78. The third-order valence-corrected chi connectivity index (χ3v) is 2.69. The molecule has 0 bridgehead atoms. The first-order valence-corrected chi connectivity index (χ1v) is 4.44. The molecule has 1 aliphatic rings. The summed E-state index contributed by atoms with van der Waals surface area (Å²) in [5.74, 6) is -0.205. The topological polar surface area (TPSA) is 33.1 Å². The Morgan fingerprint density at radius 1 is 1.62 bits per heavy atom. The second-order valence-electron chi connectivity index (χ2n) is 3.78. The monoisotopic (exact) mass is 181 g/mol. The van der Waals surface area contributed by atoms with E-state index in [1.807, 2.05) is 0 Å². The van der Waals surface area contributed by atoms with Crippen LogP contribution in [0.15, 0.2) is 18.5 Å². The second kappa shape index (κ2) is 2.77. The van der Waals surface area contributed by atoms with E-state index in [1.54, 1.807) is 13.0 Å². The van der Waals surface area contributed by atoms with Gasteiger partial charge in [0.05, 0.1) is 11.8 Å². The third-order valence-electron chi connectivity index (χ3n) is 2.69. The SMILES string of the molecule is CC(O)(c1ccncc1F)C1CC1. The maximum absolute atomic E-state index is 13.3. The smallest absolute Gasteiger partial charge is 0.147 e. The first-order chi connectivity index (χ1) is 6.12. The zero-order valence-corrected chi connectivity index (χ0v) is 7.50. The largest absolute Gasteiger partial charge is 0.385 e. The summed E-state index contributed by atoms with van der Waals surface area (Å²) in [6, 6.07) is 1.55. The zero-order valence-electron chi connectivity index (χ0n) is 7.50. The van der Waals surface area contributed by atoms with Crippen molar-refractivity contribution in [2.24, 2.45) is 5.92 Å². The lowest BCUT2D eigenvalue weighted by molar-refractivity contribution is 0.0294. The summed E-state index contributed by atoms with van der Waals surface area (Å²) in [4.78, 5) is 3.65. The Bertz CT molecular complexity index is 320. The number of aromatic nitrogens is 1. The van der Waals surface area contributed by atoms with Crippen LogP contribution >= 0.6 is 0 Å². The van der Waals surface area contributed by atoms with E-state index in [0.717, 1.165) is 19.0 Å². The molecule has 1 unspecified atom stereocenters. The van der Waals surface area contributed by atoms with Crippen molar-refractivity contribution in [3.8, 4) is 0 Å². The highest BCUT2D eigenvalue weighted by molar-refractivity contribution is 5.22. The molecule has 0 radical (unpaired) electrons. The Morgan fingerprint density at radius 3 is 2.85 bits per heavy atom. The molecule has 1 atom stereocenters.